The van der Waals surface area contributed by atoms with Crippen molar-refractivity contribution in [3.63, 3.8) is 0 Å². The molecule has 26 heavy (non-hydrogen) atoms. The van der Waals surface area contributed by atoms with Crippen LogP contribution in [0.15, 0.2) is 17.0 Å². The lowest BCUT2D eigenvalue weighted by Crippen LogP contribution is -2.50. The van der Waals surface area contributed by atoms with Gasteiger partial charge >= 0.3 is 0 Å². The van der Waals surface area contributed by atoms with E-state index in [1.807, 2.05) is 18.7 Å². The molecule has 0 spiro atoms. The van der Waals surface area contributed by atoms with Gasteiger partial charge in [-0.1, -0.05) is 0 Å². The fourth-order valence-corrected chi connectivity index (χ4v) is 8.71. The molecule has 2 atom stereocenters. The molecule has 3 rings (SSSR count). The number of methoxy groups -OCH3 is 1. The third kappa shape index (κ3) is 3.62. The van der Waals surface area contributed by atoms with Gasteiger partial charge in [-0.3, -0.25) is 4.90 Å². The Hall–Kier alpha value is -1.16. The van der Waals surface area contributed by atoms with Crippen LogP contribution in [0, 0.1) is 13.8 Å². The topological polar surface area (TPSA) is 90.0 Å². The zero-order chi connectivity index (χ0) is 19.1. The van der Waals surface area contributed by atoms with Crippen LogP contribution in [0.3, 0.4) is 0 Å². The highest BCUT2D eigenvalue weighted by Gasteiger charge is 2.49. The Bertz CT molecular complexity index is 888. The lowest BCUT2D eigenvalue weighted by Gasteiger charge is -2.34. The number of sulfone groups is 2. The summed E-state index contributed by atoms with van der Waals surface area (Å²) in [7, 11) is -5.88. The molecule has 0 amide bonds. The number of morpholine rings is 1. The zero-order valence-electron chi connectivity index (χ0n) is 15.3. The molecule has 0 N–H and O–H groups in total. The van der Waals surface area contributed by atoms with E-state index in [1.165, 1.54) is 7.11 Å². The van der Waals surface area contributed by atoms with Gasteiger partial charge in [-0.05, 0) is 37.1 Å². The van der Waals surface area contributed by atoms with E-state index in [0.717, 1.165) is 11.1 Å². The Labute approximate surface area is 155 Å². The largest absolute Gasteiger partial charge is 0.495 e. The van der Waals surface area contributed by atoms with Crippen LogP contribution in [0.4, 0.5) is 0 Å². The number of rotatable bonds is 4. The maximum absolute atomic E-state index is 13.4. The lowest BCUT2D eigenvalue weighted by atomic mass is 10.1. The monoisotopic (exact) mass is 403 g/mol. The predicted molar refractivity (Wildman–Crippen MR) is 98.3 cm³/mol. The zero-order valence-corrected chi connectivity index (χ0v) is 16.9. The van der Waals surface area contributed by atoms with Crippen LogP contribution in [0.2, 0.25) is 0 Å². The quantitative estimate of drug-likeness (QED) is 0.726. The number of hydrogen-bond donors (Lipinski definition) is 0. The molecule has 2 aliphatic rings. The van der Waals surface area contributed by atoms with E-state index in [2.05, 4.69) is 0 Å². The molecule has 1 aromatic carbocycles. The van der Waals surface area contributed by atoms with E-state index in [1.54, 1.807) is 12.1 Å². The third-order valence-electron chi connectivity index (χ3n) is 5.27. The molecule has 0 aliphatic carbocycles. The predicted octanol–water partition coefficient (Wildman–Crippen LogP) is 0.584. The molecule has 2 fully saturated rings. The first-order valence-corrected chi connectivity index (χ1v) is 11.9. The lowest BCUT2D eigenvalue weighted by molar-refractivity contribution is 0.0222. The molecule has 0 saturated carbocycles. The van der Waals surface area contributed by atoms with Gasteiger partial charge in [0.2, 0.25) is 0 Å². The molecule has 0 aromatic heterocycles. The number of hydrogen-bond acceptors (Lipinski definition) is 7. The van der Waals surface area contributed by atoms with Crippen molar-refractivity contribution in [2.45, 2.75) is 30.0 Å². The summed E-state index contributed by atoms with van der Waals surface area (Å²) in [6, 6.07) is 2.72. The second-order valence-electron chi connectivity index (χ2n) is 6.96. The Balaban J connectivity index is 2.05. The SMILES string of the molecule is COc1cc(C)c(C)cc1S(=O)(=O)[C@H]1CS(=O)(=O)C[C@@H]1N1CCOCC1. The minimum atomic E-state index is -3.88. The molecular formula is C17H25NO6S2. The van der Waals surface area contributed by atoms with Gasteiger partial charge in [0.05, 0.1) is 37.1 Å². The summed E-state index contributed by atoms with van der Waals surface area (Å²) in [5.41, 5.74) is 1.75. The highest BCUT2D eigenvalue weighted by molar-refractivity contribution is 7.96. The Kier molecular flexibility index (Phi) is 5.35. The summed E-state index contributed by atoms with van der Waals surface area (Å²) < 4.78 is 62.0. The minimum Gasteiger partial charge on any atom is -0.495 e. The Morgan fingerprint density at radius 3 is 2.35 bits per heavy atom. The fourth-order valence-electron chi connectivity index (χ4n) is 3.65. The number of aryl methyl sites for hydroxylation is 2. The van der Waals surface area contributed by atoms with Crippen LogP contribution in [0.25, 0.3) is 0 Å². The van der Waals surface area contributed by atoms with Crippen LogP contribution in [-0.4, -0.2) is 77.9 Å². The van der Waals surface area contributed by atoms with Gasteiger partial charge in [0.15, 0.2) is 19.7 Å². The van der Waals surface area contributed by atoms with E-state index < -0.39 is 31.0 Å². The Morgan fingerprint density at radius 2 is 1.73 bits per heavy atom. The summed E-state index contributed by atoms with van der Waals surface area (Å²) in [6.45, 7) is 5.75. The molecule has 0 bridgehead atoms. The van der Waals surface area contributed by atoms with Crippen molar-refractivity contribution in [2.75, 3.05) is 44.9 Å². The smallest absolute Gasteiger partial charge is 0.187 e. The Morgan fingerprint density at radius 1 is 1.12 bits per heavy atom. The molecule has 0 unspecified atom stereocenters. The van der Waals surface area contributed by atoms with E-state index in [0.29, 0.717) is 26.3 Å². The second-order valence-corrected chi connectivity index (χ2v) is 11.3. The van der Waals surface area contributed by atoms with Gasteiger partial charge in [0.25, 0.3) is 0 Å². The first-order chi connectivity index (χ1) is 12.2. The minimum absolute atomic E-state index is 0.0726. The van der Waals surface area contributed by atoms with Crippen molar-refractivity contribution in [3.8, 4) is 5.75 Å². The molecular weight excluding hydrogens is 378 g/mol. The van der Waals surface area contributed by atoms with Crippen molar-refractivity contribution >= 4 is 19.7 Å². The number of benzene rings is 1. The van der Waals surface area contributed by atoms with E-state index in [-0.39, 0.29) is 22.2 Å². The van der Waals surface area contributed by atoms with Crippen LogP contribution < -0.4 is 4.74 Å². The molecule has 2 heterocycles. The maximum Gasteiger partial charge on any atom is 0.187 e. The summed E-state index contributed by atoms with van der Waals surface area (Å²) in [5.74, 6) is -0.226. The molecule has 146 valence electrons. The highest BCUT2D eigenvalue weighted by Crippen LogP contribution is 2.35. The molecule has 2 saturated heterocycles. The van der Waals surface area contributed by atoms with Crippen molar-refractivity contribution < 1.29 is 26.3 Å². The van der Waals surface area contributed by atoms with E-state index in [4.69, 9.17) is 9.47 Å². The second kappa shape index (κ2) is 7.10. The van der Waals surface area contributed by atoms with Crippen LogP contribution >= 0.6 is 0 Å². The van der Waals surface area contributed by atoms with Crippen molar-refractivity contribution in [1.82, 2.24) is 4.90 Å². The summed E-state index contributed by atoms with van der Waals surface area (Å²) in [5, 5.41) is -0.999. The van der Waals surface area contributed by atoms with Gasteiger partial charge < -0.3 is 9.47 Å². The van der Waals surface area contributed by atoms with E-state index >= 15 is 0 Å². The van der Waals surface area contributed by atoms with Crippen LogP contribution in [-0.2, 0) is 24.4 Å². The number of nitrogens with zero attached hydrogens (tertiary/aromatic N) is 1. The van der Waals surface area contributed by atoms with Crippen molar-refractivity contribution in [2.24, 2.45) is 0 Å². The molecule has 9 heteroatoms. The molecule has 0 radical (unpaired) electrons. The van der Waals surface area contributed by atoms with Gasteiger partial charge in [-0.2, -0.15) is 0 Å². The molecule has 1 aromatic rings. The normalized spacial score (nSPS) is 26.7. The van der Waals surface area contributed by atoms with Crippen LogP contribution in [0.1, 0.15) is 11.1 Å². The van der Waals surface area contributed by atoms with Crippen LogP contribution in [0.5, 0.6) is 5.75 Å². The molecule has 7 nitrogen and oxygen atoms in total. The average molecular weight is 404 g/mol. The summed E-state index contributed by atoms with van der Waals surface area (Å²) in [4.78, 5) is 2.01. The van der Waals surface area contributed by atoms with Crippen molar-refractivity contribution in [1.29, 1.82) is 0 Å². The highest BCUT2D eigenvalue weighted by atomic mass is 32.2. The van der Waals surface area contributed by atoms with Gasteiger partial charge in [-0.25, -0.2) is 16.8 Å². The van der Waals surface area contributed by atoms with Gasteiger partial charge in [-0.15, -0.1) is 0 Å². The molecule has 2 aliphatic heterocycles. The maximum atomic E-state index is 13.4. The summed E-state index contributed by atoms with van der Waals surface area (Å²) in [6.07, 6.45) is 0. The van der Waals surface area contributed by atoms with Gasteiger partial charge in [0, 0.05) is 19.1 Å². The van der Waals surface area contributed by atoms with Gasteiger partial charge in [0.1, 0.15) is 10.6 Å². The summed E-state index contributed by atoms with van der Waals surface area (Å²) >= 11 is 0. The van der Waals surface area contributed by atoms with Crippen molar-refractivity contribution in [3.05, 3.63) is 23.3 Å². The van der Waals surface area contributed by atoms with E-state index in [9.17, 15) is 16.8 Å². The average Bonchev–Trinajstić information content (AvgIpc) is 2.94. The number of ether oxygens (including phenoxy) is 2. The third-order valence-corrected chi connectivity index (χ3v) is 9.41. The standard InChI is InChI=1S/C17H25NO6S2/c1-12-8-15(23-3)16(9-13(12)2)26(21,22)17-11-25(19,20)10-14(17)18-4-6-24-7-5-18/h8-9,14,17H,4-7,10-11H2,1-3H3/t14-,17-/m0/s1. The first kappa shape index (κ1) is 19.6. The first-order valence-electron chi connectivity index (χ1n) is 8.57. The fraction of sp³-hybridized carbons (Fsp3) is 0.647.